The molecule has 0 spiro atoms. The zero-order valence-corrected chi connectivity index (χ0v) is 11.1. The number of aldehydes is 1. The number of benzene rings is 1. The third-order valence-electron chi connectivity index (χ3n) is 2.71. The molecule has 5 heteroatoms. The van der Waals surface area contributed by atoms with Crippen LogP contribution in [0, 0.1) is 5.82 Å². The molecule has 106 valence electrons. The molecular weight excluding hydrogens is 263 g/mol. The SMILES string of the molecule is COCCCOc1ccc(-c2ccc(C=O)o2)cc1F. The van der Waals surface area contributed by atoms with Crippen molar-refractivity contribution < 1.29 is 23.1 Å². The molecule has 0 atom stereocenters. The van der Waals surface area contributed by atoms with Gasteiger partial charge >= 0.3 is 0 Å². The number of hydrogen-bond donors (Lipinski definition) is 0. The maximum absolute atomic E-state index is 13.9. The lowest BCUT2D eigenvalue weighted by atomic mass is 10.1. The molecule has 0 saturated carbocycles. The van der Waals surface area contributed by atoms with Crippen molar-refractivity contribution in [2.75, 3.05) is 20.3 Å². The summed E-state index contributed by atoms with van der Waals surface area (Å²) in [5.41, 5.74) is 0.555. The van der Waals surface area contributed by atoms with Crippen molar-refractivity contribution in [3.63, 3.8) is 0 Å². The Hall–Kier alpha value is -2.14. The van der Waals surface area contributed by atoms with E-state index in [1.807, 2.05) is 0 Å². The number of furan rings is 1. The van der Waals surface area contributed by atoms with Gasteiger partial charge in [-0.05, 0) is 30.3 Å². The van der Waals surface area contributed by atoms with E-state index in [2.05, 4.69) is 0 Å². The highest BCUT2D eigenvalue weighted by Crippen LogP contribution is 2.26. The predicted octanol–water partition coefficient (Wildman–Crippen LogP) is 3.31. The van der Waals surface area contributed by atoms with Gasteiger partial charge in [-0.1, -0.05) is 0 Å². The Balaban J connectivity index is 2.07. The van der Waals surface area contributed by atoms with E-state index in [9.17, 15) is 9.18 Å². The second kappa shape index (κ2) is 6.86. The van der Waals surface area contributed by atoms with Gasteiger partial charge in [0.25, 0.3) is 0 Å². The van der Waals surface area contributed by atoms with E-state index in [0.717, 1.165) is 0 Å². The fraction of sp³-hybridized carbons (Fsp3) is 0.267. The summed E-state index contributed by atoms with van der Waals surface area (Å²) in [6.45, 7) is 0.959. The quantitative estimate of drug-likeness (QED) is 0.576. The van der Waals surface area contributed by atoms with Crippen molar-refractivity contribution in [3.8, 4) is 17.1 Å². The summed E-state index contributed by atoms with van der Waals surface area (Å²) in [5, 5.41) is 0. The highest BCUT2D eigenvalue weighted by molar-refractivity contribution is 5.72. The van der Waals surface area contributed by atoms with Crippen molar-refractivity contribution in [3.05, 3.63) is 41.9 Å². The third kappa shape index (κ3) is 3.45. The van der Waals surface area contributed by atoms with Crippen LogP contribution in [0.5, 0.6) is 5.75 Å². The minimum Gasteiger partial charge on any atom is -0.490 e. The van der Waals surface area contributed by atoms with E-state index >= 15 is 0 Å². The molecule has 1 heterocycles. The number of carbonyl (C=O) groups excluding carboxylic acids is 1. The maximum atomic E-state index is 13.9. The van der Waals surface area contributed by atoms with E-state index in [-0.39, 0.29) is 11.5 Å². The van der Waals surface area contributed by atoms with Crippen molar-refractivity contribution in [2.45, 2.75) is 6.42 Å². The Labute approximate surface area is 116 Å². The van der Waals surface area contributed by atoms with Gasteiger partial charge in [0.05, 0.1) is 6.61 Å². The average molecular weight is 278 g/mol. The highest BCUT2D eigenvalue weighted by Gasteiger charge is 2.09. The van der Waals surface area contributed by atoms with Gasteiger partial charge in [-0.25, -0.2) is 4.39 Å². The minimum atomic E-state index is -0.469. The first-order valence-corrected chi connectivity index (χ1v) is 6.21. The number of rotatable bonds is 7. The van der Waals surface area contributed by atoms with Crippen LogP contribution in [-0.4, -0.2) is 26.6 Å². The molecule has 0 fully saturated rings. The summed E-state index contributed by atoms with van der Waals surface area (Å²) >= 11 is 0. The van der Waals surface area contributed by atoms with Gasteiger partial charge in [0, 0.05) is 25.7 Å². The molecule has 2 rings (SSSR count). The first-order valence-electron chi connectivity index (χ1n) is 6.21. The van der Waals surface area contributed by atoms with Crippen LogP contribution in [0.3, 0.4) is 0 Å². The van der Waals surface area contributed by atoms with E-state index in [0.29, 0.717) is 37.2 Å². The van der Waals surface area contributed by atoms with E-state index in [4.69, 9.17) is 13.9 Å². The molecule has 20 heavy (non-hydrogen) atoms. The number of carbonyl (C=O) groups is 1. The first kappa shape index (κ1) is 14.3. The second-order valence-electron chi connectivity index (χ2n) is 4.16. The van der Waals surface area contributed by atoms with Gasteiger partial charge in [0.1, 0.15) is 5.76 Å². The third-order valence-corrected chi connectivity index (χ3v) is 2.71. The first-order chi connectivity index (χ1) is 9.74. The zero-order valence-electron chi connectivity index (χ0n) is 11.1. The van der Waals surface area contributed by atoms with Crippen molar-refractivity contribution in [2.24, 2.45) is 0 Å². The number of ether oxygens (including phenoxy) is 2. The van der Waals surface area contributed by atoms with Crippen LogP contribution in [0.4, 0.5) is 4.39 Å². The van der Waals surface area contributed by atoms with Crippen LogP contribution in [0.15, 0.2) is 34.7 Å². The van der Waals surface area contributed by atoms with Crippen LogP contribution < -0.4 is 4.74 Å². The van der Waals surface area contributed by atoms with Crippen LogP contribution in [0.1, 0.15) is 17.0 Å². The predicted molar refractivity (Wildman–Crippen MR) is 71.5 cm³/mol. The Morgan fingerprint density at radius 1 is 1.25 bits per heavy atom. The van der Waals surface area contributed by atoms with Crippen LogP contribution in [0.25, 0.3) is 11.3 Å². The van der Waals surface area contributed by atoms with Crippen LogP contribution in [-0.2, 0) is 4.74 Å². The van der Waals surface area contributed by atoms with Crippen molar-refractivity contribution in [1.29, 1.82) is 0 Å². The molecule has 1 aromatic heterocycles. The molecular formula is C15H15FO4. The monoisotopic (exact) mass is 278 g/mol. The zero-order chi connectivity index (χ0) is 14.4. The maximum Gasteiger partial charge on any atom is 0.185 e. The summed E-state index contributed by atoms with van der Waals surface area (Å²) in [7, 11) is 1.60. The minimum absolute atomic E-state index is 0.187. The molecule has 0 amide bonds. The molecule has 0 radical (unpaired) electrons. The van der Waals surface area contributed by atoms with Gasteiger partial charge in [-0.3, -0.25) is 4.79 Å². The van der Waals surface area contributed by atoms with Crippen molar-refractivity contribution in [1.82, 2.24) is 0 Å². The summed E-state index contributed by atoms with van der Waals surface area (Å²) in [6, 6.07) is 7.70. The van der Waals surface area contributed by atoms with Gasteiger partial charge in [-0.2, -0.15) is 0 Å². The standard InChI is InChI=1S/C15H15FO4/c1-18-7-2-8-19-15-5-3-11(9-13(15)16)14-6-4-12(10-17)20-14/h3-6,9-10H,2,7-8H2,1H3. The molecule has 0 N–H and O–H groups in total. The van der Waals surface area contributed by atoms with Crippen LogP contribution in [0.2, 0.25) is 0 Å². The fourth-order valence-electron chi connectivity index (χ4n) is 1.73. The lowest BCUT2D eigenvalue weighted by molar-refractivity contribution is 0.110. The molecule has 4 nitrogen and oxygen atoms in total. The largest absolute Gasteiger partial charge is 0.490 e. The summed E-state index contributed by atoms with van der Waals surface area (Å²) in [6.07, 6.45) is 1.30. The molecule has 1 aromatic carbocycles. The van der Waals surface area contributed by atoms with E-state index in [1.165, 1.54) is 12.1 Å². The van der Waals surface area contributed by atoms with Gasteiger partial charge in [0.15, 0.2) is 23.6 Å². The summed E-state index contributed by atoms with van der Waals surface area (Å²) in [4.78, 5) is 10.5. The Morgan fingerprint density at radius 3 is 2.75 bits per heavy atom. The normalized spacial score (nSPS) is 10.5. The molecule has 0 aliphatic rings. The lowest BCUT2D eigenvalue weighted by Gasteiger charge is -2.07. The molecule has 0 unspecified atom stereocenters. The Morgan fingerprint density at radius 2 is 2.10 bits per heavy atom. The number of halogens is 1. The lowest BCUT2D eigenvalue weighted by Crippen LogP contribution is -2.02. The highest BCUT2D eigenvalue weighted by atomic mass is 19.1. The van der Waals surface area contributed by atoms with Crippen LogP contribution >= 0.6 is 0 Å². The topological polar surface area (TPSA) is 48.7 Å². The van der Waals surface area contributed by atoms with E-state index in [1.54, 1.807) is 25.3 Å². The molecule has 0 aliphatic heterocycles. The van der Waals surface area contributed by atoms with Gasteiger partial charge in [-0.15, -0.1) is 0 Å². The smallest absolute Gasteiger partial charge is 0.185 e. The Kier molecular flexibility index (Phi) is 4.90. The summed E-state index contributed by atoms with van der Waals surface area (Å²) < 4.78 is 29.3. The Bertz CT molecular complexity index is 577. The molecule has 0 aliphatic carbocycles. The second-order valence-corrected chi connectivity index (χ2v) is 4.16. The molecule has 0 saturated heterocycles. The number of methoxy groups -OCH3 is 1. The average Bonchev–Trinajstić information content (AvgIpc) is 2.94. The van der Waals surface area contributed by atoms with Crippen molar-refractivity contribution >= 4 is 6.29 Å². The molecule has 0 bridgehead atoms. The number of hydrogen-bond acceptors (Lipinski definition) is 4. The fourth-order valence-corrected chi connectivity index (χ4v) is 1.73. The van der Waals surface area contributed by atoms with Gasteiger partial charge in [0.2, 0.25) is 0 Å². The summed E-state index contributed by atoms with van der Waals surface area (Å²) in [5.74, 6) is 0.369. The van der Waals surface area contributed by atoms with Gasteiger partial charge < -0.3 is 13.9 Å². The van der Waals surface area contributed by atoms with E-state index < -0.39 is 5.82 Å². The molecule has 2 aromatic rings.